The molecule has 0 aromatic heterocycles. The van der Waals surface area contributed by atoms with E-state index in [-0.39, 0.29) is 12.0 Å². The monoisotopic (exact) mass is 233 g/mol. The zero-order chi connectivity index (χ0) is 12.5. The van der Waals surface area contributed by atoms with Gasteiger partial charge in [0.1, 0.15) is 0 Å². The lowest BCUT2D eigenvalue weighted by Gasteiger charge is -2.16. The van der Waals surface area contributed by atoms with Gasteiger partial charge in [0.05, 0.1) is 12.7 Å². The third-order valence-electron chi connectivity index (χ3n) is 2.45. The highest BCUT2D eigenvalue weighted by molar-refractivity contribution is 5.86. The number of hydrogen-bond acceptors (Lipinski definition) is 2. The van der Waals surface area contributed by atoms with Crippen LogP contribution in [0.2, 0.25) is 0 Å². The number of benzene rings is 1. The molecule has 0 saturated heterocycles. The van der Waals surface area contributed by atoms with Crippen molar-refractivity contribution in [2.24, 2.45) is 0 Å². The Bertz CT molecular complexity index is 348. The van der Waals surface area contributed by atoms with Crippen molar-refractivity contribution >= 4 is 5.91 Å². The van der Waals surface area contributed by atoms with Crippen LogP contribution in [0.15, 0.2) is 43.0 Å². The van der Waals surface area contributed by atoms with Crippen LogP contribution in [0.3, 0.4) is 0 Å². The summed E-state index contributed by atoms with van der Waals surface area (Å²) in [6, 6.07) is 10.1. The van der Waals surface area contributed by atoms with Crippen molar-refractivity contribution in [2.45, 2.75) is 19.4 Å². The Balaban J connectivity index is 2.33. The fourth-order valence-corrected chi connectivity index (χ4v) is 1.57. The molecule has 0 radical (unpaired) electrons. The zero-order valence-electron chi connectivity index (χ0n) is 10.2. The lowest BCUT2D eigenvalue weighted by atomic mass is 10.1. The summed E-state index contributed by atoms with van der Waals surface area (Å²) >= 11 is 0. The lowest BCUT2D eigenvalue weighted by Crippen LogP contribution is -2.25. The minimum atomic E-state index is -0.165. The SMILES string of the molecule is C=CC(=O)NCCOC(CC)c1ccccc1. The normalized spacial score (nSPS) is 11.8. The molecule has 1 unspecified atom stereocenters. The molecule has 1 N–H and O–H groups in total. The van der Waals surface area contributed by atoms with Crippen molar-refractivity contribution in [3.8, 4) is 0 Å². The van der Waals surface area contributed by atoms with E-state index in [1.807, 2.05) is 18.2 Å². The molecular weight excluding hydrogens is 214 g/mol. The van der Waals surface area contributed by atoms with Gasteiger partial charge >= 0.3 is 0 Å². The van der Waals surface area contributed by atoms with Gasteiger partial charge in [0.25, 0.3) is 0 Å². The number of ether oxygens (including phenoxy) is 1. The van der Waals surface area contributed by atoms with Crippen molar-refractivity contribution < 1.29 is 9.53 Å². The fraction of sp³-hybridized carbons (Fsp3) is 0.357. The van der Waals surface area contributed by atoms with E-state index in [2.05, 4.69) is 31.0 Å². The zero-order valence-corrected chi connectivity index (χ0v) is 10.2. The van der Waals surface area contributed by atoms with Crippen LogP contribution >= 0.6 is 0 Å². The minimum Gasteiger partial charge on any atom is -0.372 e. The van der Waals surface area contributed by atoms with Crippen LogP contribution in [0, 0.1) is 0 Å². The van der Waals surface area contributed by atoms with Gasteiger partial charge in [0.2, 0.25) is 5.91 Å². The van der Waals surface area contributed by atoms with Gasteiger partial charge < -0.3 is 10.1 Å². The summed E-state index contributed by atoms with van der Waals surface area (Å²) in [7, 11) is 0. The molecular formula is C14H19NO2. The van der Waals surface area contributed by atoms with Crippen LogP contribution in [0.4, 0.5) is 0 Å². The smallest absolute Gasteiger partial charge is 0.243 e. The summed E-state index contributed by atoms with van der Waals surface area (Å²) in [5, 5.41) is 2.68. The highest BCUT2D eigenvalue weighted by atomic mass is 16.5. The molecule has 1 aromatic carbocycles. The second kappa shape index (κ2) is 7.63. The summed E-state index contributed by atoms with van der Waals surface area (Å²) < 4.78 is 5.72. The van der Waals surface area contributed by atoms with Gasteiger partial charge in [-0.1, -0.05) is 43.8 Å². The van der Waals surface area contributed by atoms with Gasteiger partial charge in [-0.3, -0.25) is 4.79 Å². The summed E-state index contributed by atoms with van der Waals surface area (Å²) in [6.45, 7) is 6.48. The van der Waals surface area contributed by atoms with Crippen molar-refractivity contribution in [1.29, 1.82) is 0 Å². The highest BCUT2D eigenvalue weighted by Gasteiger charge is 2.08. The predicted octanol–water partition coefficient (Wildman–Crippen LogP) is 2.46. The number of carbonyl (C=O) groups excluding carboxylic acids is 1. The Kier molecular flexibility index (Phi) is 6.04. The Hall–Kier alpha value is -1.61. The molecule has 0 heterocycles. The summed E-state index contributed by atoms with van der Waals surface area (Å²) in [6.07, 6.45) is 2.27. The predicted molar refractivity (Wildman–Crippen MR) is 68.6 cm³/mol. The van der Waals surface area contributed by atoms with E-state index in [1.54, 1.807) is 0 Å². The third-order valence-corrected chi connectivity index (χ3v) is 2.45. The Morgan fingerprint density at radius 1 is 1.47 bits per heavy atom. The van der Waals surface area contributed by atoms with E-state index in [0.717, 1.165) is 6.42 Å². The summed E-state index contributed by atoms with van der Waals surface area (Å²) in [5.74, 6) is -0.165. The highest BCUT2D eigenvalue weighted by Crippen LogP contribution is 2.19. The number of rotatable bonds is 7. The van der Waals surface area contributed by atoms with Crippen LogP contribution in [0.1, 0.15) is 25.0 Å². The molecule has 0 aliphatic rings. The first-order valence-electron chi connectivity index (χ1n) is 5.84. The van der Waals surface area contributed by atoms with E-state index in [9.17, 15) is 4.79 Å². The molecule has 1 atom stereocenters. The number of amides is 1. The van der Waals surface area contributed by atoms with Gasteiger partial charge in [-0.2, -0.15) is 0 Å². The maximum absolute atomic E-state index is 10.9. The molecule has 0 aliphatic carbocycles. The van der Waals surface area contributed by atoms with Gasteiger partial charge in [-0.15, -0.1) is 0 Å². The van der Waals surface area contributed by atoms with Gasteiger partial charge in [-0.05, 0) is 18.1 Å². The van der Waals surface area contributed by atoms with E-state index in [0.29, 0.717) is 13.2 Å². The first-order valence-corrected chi connectivity index (χ1v) is 5.84. The third kappa shape index (κ3) is 4.83. The van der Waals surface area contributed by atoms with Gasteiger partial charge in [-0.25, -0.2) is 0 Å². The fourth-order valence-electron chi connectivity index (χ4n) is 1.57. The summed E-state index contributed by atoms with van der Waals surface area (Å²) in [4.78, 5) is 10.9. The molecule has 1 amide bonds. The van der Waals surface area contributed by atoms with Crippen LogP contribution in [-0.4, -0.2) is 19.1 Å². The lowest BCUT2D eigenvalue weighted by molar-refractivity contribution is -0.116. The van der Waals surface area contributed by atoms with E-state index < -0.39 is 0 Å². The number of hydrogen-bond donors (Lipinski definition) is 1. The summed E-state index contributed by atoms with van der Waals surface area (Å²) in [5.41, 5.74) is 1.17. The van der Waals surface area contributed by atoms with Gasteiger partial charge in [0.15, 0.2) is 0 Å². The largest absolute Gasteiger partial charge is 0.372 e. The van der Waals surface area contributed by atoms with E-state index >= 15 is 0 Å². The molecule has 1 aromatic rings. The van der Waals surface area contributed by atoms with Crippen molar-refractivity contribution in [2.75, 3.05) is 13.2 Å². The van der Waals surface area contributed by atoms with Crippen LogP contribution in [0.25, 0.3) is 0 Å². The van der Waals surface area contributed by atoms with E-state index in [1.165, 1.54) is 11.6 Å². The molecule has 0 fully saturated rings. The van der Waals surface area contributed by atoms with Crippen molar-refractivity contribution in [3.63, 3.8) is 0 Å². The molecule has 3 heteroatoms. The molecule has 92 valence electrons. The van der Waals surface area contributed by atoms with Crippen LogP contribution in [0.5, 0.6) is 0 Å². The average molecular weight is 233 g/mol. The first kappa shape index (κ1) is 13.5. The molecule has 0 spiro atoms. The van der Waals surface area contributed by atoms with Crippen molar-refractivity contribution in [1.82, 2.24) is 5.32 Å². The number of carbonyl (C=O) groups is 1. The quantitative estimate of drug-likeness (QED) is 0.580. The van der Waals surface area contributed by atoms with E-state index in [4.69, 9.17) is 4.74 Å². The average Bonchev–Trinajstić information content (AvgIpc) is 2.39. The molecule has 1 rings (SSSR count). The van der Waals surface area contributed by atoms with Crippen LogP contribution < -0.4 is 5.32 Å². The molecule has 0 saturated carbocycles. The molecule has 17 heavy (non-hydrogen) atoms. The maximum Gasteiger partial charge on any atom is 0.243 e. The Labute approximate surface area is 102 Å². The maximum atomic E-state index is 10.9. The molecule has 3 nitrogen and oxygen atoms in total. The second-order valence-electron chi connectivity index (χ2n) is 3.67. The van der Waals surface area contributed by atoms with Crippen LogP contribution in [-0.2, 0) is 9.53 Å². The second-order valence-corrected chi connectivity index (χ2v) is 3.67. The van der Waals surface area contributed by atoms with Gasteiger partial charge in [0, 0.05) is 6.54 Å². The molecule has 0 bridgehead atoms. The first-order chi connectivity index (χ1) is 8.27. The Morgan fingerprint density at radius 2 is 2.18 bits per heavy atom. The Morgan fingerprint density at radius 3 is 2.76 bits per heavy atom. The molecule has 0 aliphatic heterocycles. The standard InChI is InChI=1S/C14H19NO2/c1-3-13(12-8-6-5-7-9-12)17-11-10-15-14(16)4-2/h4-9,13H,2-3,10-11H2,1H3,(H,15,16). The topological polar surface area (TPSA) is 38.3 Å². The van der Waals surface area contributed by atoms with Crippen molar-refractivity contribution in [3.05, 3.63) is 48.6 Å². The minimum absolute atomic E-state index is 0.0943. The number of nitrogens with one attached hydrogen (secondary N) is 1.